The minimum atomic E-state index is 0.0685. The maximum absolute atomic E-state index is 6.22. The molecule has 0 atom stereocenters. The van der Waals surface area contributed by atoms with Crippen LogP contribution in [-0.4, -0.2) is 36.7 Å². The molecule has 2 N–H and O–H groups in total. The van der Waals surface area contributed by atoms with Crippen molar-refractivity contribution in [3.05, 3.63) is 34.9 Å². The Labute approximate surface area is 120 Å². The van der Waals surface area contributed by atoms with Crippen LogP contribution < -0.4 is 5.73 Å². The Balaban J connectivity index is 1.99. The molecule has 1 aromatic carbocycles. The monoisotopic (exact) mass is 282 g/mol. The van der Waals surface area contributed by atoms with Crippen LogP contribution >= 0.6 is 11.6 Å². The highest BCUT2D eigenvalue weighted by molar-refractivity contribution is 6.31. The van der Waals surface area contributed by atoms with E-state index in [1.165, 1.54) is 0 Å². The predicted molar refractivity (Wildman–Crippen MR) is 79.4 cm³/mol. The van der Waals surface area contributed by atoms with E-state index < -0.39 is 0 Å². The largest absolute Gasteiger partial charge is 0.378 e. The minimum Gasteiger partial charge on any atom is -0.378 e. The van der Waals surface area contributed by atoms with Gasteiger partial charge in [-0.3, -0.25) is 4.90 Å². The van der Waals surface area contributed by atoms with Crippen molar-refractivity contribution < 1.29 is 4.74 Å². The third-order valence-corrected chi connectivity index (χ3v) is 4.54. The van der Waals surface area contributed by atoms with Crippen LogP contribution in [0.2, 0.25) is 5.02 Å². The van der Waals surface area contributed by atoms with E-state index in [-0.39, 0.29) is 5.54 Å². The topological polar surface area (TPSA) is 38.5 Å². The Morgan fingerprint density at radius 3 is 2.68 bits per heavy atom. The molecule has 2 rings (SSSR count). The zero-order valence-corrected chi connectivity index (χ0v) is 12.5. The Bertz CT molecular complexity index is 418. The summed E-state index contributed by atoms with van der Waals surface area (Å²) in [5, 5.41) is 0.821. The van der Waals surface area contributed by atoms with E-state index in [2.05, 4.69) is 18.0 Å². The van der Waals surface area contributed by atoms with E-state index in [0.717, 1.165) is 36.6 Å². The minimum absolute atomic E-state index is 0.0685. The quantitative estimate of drug-likeness (QED) is 0.872. The van der Waals surface area contributed by atoms with E-state index in [1.54, 1.807) is 0 Å². The number of ether oxygens (including phenoxy) is 1. The van der Waals surface area contributed by atoms with Crippen LogP contribution in [0.15, 0.2) is 24.3 Å². The lowest BCUT2D eigenvalue weighted by molar-refractivity contribution is -0.0947. The van der Waals surface area contributed by atoms with Crippen molar-refractivity contribution in [3.63, 3.8) is 0 Å². The highest BCUT2D eigenvalue weighted by atomic mass is 35.5. The average Bonchev–Trinajstić information content (AvgIpc) is 2.36. The van der Waals surface area contributed by atoms with E-state index in [4.69, 9.17) is 22.1 Å². The summed E-state index contributed by atoms with van der Waals surface area (Å²) in [6.07, 6.45) is 2.39. The molecule has 0 unspecified atom stereocenters. The third kappa shape index (κ3) is 3.11. The fourth-order valence-corrected chi connectivity index (χ4v) is 3.02. The molecule has 3 nitrogen and oxygen atoms in total. The van der Waals surface area contributed by atoms with Crippen molar-refractivity contribution >= 4 is 11.6 Å². The molecule has 0 saturated heterocycles. The zero-order chi connectivity index (χ0) is 13.9. The maximum Gasteiger partial charge on any atom is 0.0611 e. The standard InChI is InChI=1S/C15H23ClN2O/c1-3-19-13-8-15(9-13,11-17)18(2)10-12-6-4-5-7-14(12)16/h4-7,13H,3,8-11,17H2,1-2H3. The third-order valence-electron chi connectivity index (χ3n) is 4.17. The summed E-state index contributed by atoms with van der Waals surface area (Å²) in [5.74, 6) is 0. The van der Waals surface area contributed by atoms with Gasteiger partial charge in [-0.05, 0) is 38.4 Å². The van der Waals surface area contributed by atoms with Gasteiger partial charge in [0.05, 0.1) is 6.10 Å². The zero-order valence-electron chi connectivity index (χ0n) is 11.7. The Morgan fingerprint density at radius 2 is 2.11 bits per heavy atom. The van der Waals surface area contributed by atoms with Crippen LogP contribution in [0.3, 0.4) is 0 Å². The van der Waals surface area contributed by atoms with Crippen molar-refractivity contribution in [1.29, 1.82) is 0 Å². The van der Waals surface area contributed by atoms with Gasteiger partial charge in [0.2, 0.25) is 0 Å². The summed E-state index contributed by atoms with van der Waals surface area (Å²) >= 11 is 6.22. The van der Waals surface area contributed by atoms with Crippen LogP contribution in [0.25, 0.3) is 0 Å². The molecular weight excluding hydrogens is 260 g/mol. The van der Waals surface area contributed by atoms with Gasteiger partial charge in [0, 0.05) is 30.3 Å². The molecule has 19 heavy (non-hydrogen) atoms. The number of likely N-dealkylation sites (N-methyl/N-ethyl adjacent to an activating group) is 1. The number of nitrogens with zero attached hydrogens (tertiary/aromatic N) is 1. The van der Waals surface area contributed by atoms with Crippen LogP contribution in [0, 0.1) is 0 Å². The van der Waals surface area contributed by atoms with Gasteiger partial charge in [0.15, 0.2) is 0 Å². The van der Waals surface area contributed by atoms with Gasteiger partial charge in [0.1, 0.15) is 0 Å². The lowest BCUT2D eigenvalue weighted by atomic mass is 9.73. The van der Waals surface area contributed by atoms with Crippen molar-refractivity contribution in [2.24, 2.45) is 5.73 Å². The Morgan fingerprint density at radius 1 is 1.42 bits per heavy atom. The highest BCUT2D eigenvalue weighted by Gasteiger charge is 2.46. The Kier molecular flexibility index (Phi) is 4.85. The first-order valence-corrected chi connectivity index (χ1v) is 7.25. The molecule has 0 radical (unpaired) electrons. The first kappa shape index (κ1) is 14.8. The molecule has 0 heterocycles. The van der Waals surface area contributed by atoms with E-state index >= 15 is 0 Å². The summed E-state index contributed by atoms with van der Waals surface area (Å²) < 4.78 is 5.65. The first-order valence-electron chi connectivity index (χ1n) is 6.87. The summed E-state index contributed by atoms with van der Waals surface area (Å²) in [6.45, 7) is 4.31. The molecule has 0 amide bonds. The highest BCUT2D eigenvalue weighted by Crippen LogP contribution is 2.39. The van der Waals surface area contributed by atoms with Gasteiger partial charge in [-0.1, -0.05) is 29.8 Å². The smallest absolute Gasteiger partial charge is 0.0611 e. The molecule has 4 heteroatoms. The number of benzene rings is 1. The molecule has 0 aromatic heterocycles. The second-order valence-corrected chi connectivity index (χ2v) is 5.77. The molecule has 1 fully saturated rings. The number of hydrogen-bond donors (Lipinski definition) is 1. The summed E-state index contributed by atoms with van der Waals surface area (Å²) in [6, 6.07) is 7.98. The van der Waals surface area contributed by atoms with Gasteiger partial charge in [-0.2, -0.15) is 0 Å². The molecule has 1 aliphatic carbocycles. The summed E-state index contributed by atoms with van der Waals surface area (Å²) in [4.78, 5) is 2.32. The molecule has 1 saturated carbocycles. The van der Waals surface area contributed by atoms with Gasteiger partial charge in [-0.15, -0.1) is 0 Å². The van der Waals surface area contributed by atoms with Crippen LogP contribution in [-0.2, 0) is 11.3 Å². The van der Waals surface area contributed by atoms with Gasteiger partial charge < -0.3 is 10.5 Å². The number of halogens is 1. The fourth-order valence-electron chi connectivity index (χ4n) is 2.83. The van der Waals surface area contributed by atoms with Crippen molar-refractivity contribution in [3.8, 4) is 0 Å². The van der Waals surface area contributed by atoms with Gasteiger partial charge >= 0.3 is 0 Å². The molecule has 1 aromatic rings. The molecule has 0 bridgehead atoms. The molecule has 0 aliphatic heterocycles. The number of nitrogens with two attached hydrogens (primary N) is 1. The lowest BCUT2D eigenvalue weighted by Crippen LogP contribution is -2.62. The first-order chi connectivity index (χ1) is 9.11. The molecule has 1 aliphatic rings. The molecule has 106 valence electrons. The normalized spacial score (nSPS) is 26.5. The van der Waals surface area contributed by atoms with Crippen LogP contribution in [0.4, 0.5) is 0 Å². The van der Waals surface area contributed by atoms with Gasteiger partial charge in [-0.25, -0.2) is 0 Å². The SMILES string of the molecule is CCOC1CC(CN)(N(C)Cc2ccccc2Cl)C1. The average molecular weight is 283 g/mol. The Hall–Kier alpha value is -0.610. The van der Waals surface area contributed by atoms with Crippen LogP contribution in [0.1, 0.15) is 25.3 Å². The maximum atomic E-state index is 6.22. The second kappa shape index (κ2) is 6.23. The predicted octanol–water partition coefficient (Wildman–Crippen LogP) is 2.67. The number of rotatable bonds is 6. The van der Waals surface area contributed by atoms with Crippen LogP contribution in [0.5, 0.6) is 0 Å². The van der Waals surface area contributed by atoms with E-state index in [1.807, 2.05) is 25.1 Å². The summed E-state index contributed by atoms with van der Waals surface area (Å²) in [7, 11) is 2.12. The summed E-state index contributed by atoms with van der Waals surface area (Å²) in [5.41, 5.74) is 7.21. The van der Waals surface area contributed by atoms with Crippen molar-refractivity contribution in [1.82, 2.24) is 4.90 Å². The molecule has 0 spiro atoms. The van der Waals surface area contributed by atoms with Gasteiger partial charge in [0.25, 0.3) is 0 Å². The lowest BCUT2D eigenvalue weighted by Gasteiger charge is -2.52. The van der Waals surface area contributed by atoms with E-state index in [9.17, 15) is 0 Å². The van der Waals surface area contributed by atoms with Crippen molar-refractivity contribution in [2.45, 2.75) is 38.0 Å². The second-order valence-electron chi connectivity index (χ2n) is 5.36. The number of hydrogen-bond acceptors (Lipinski definition) is 3. The fraction of sp³-hybridized carbons (Fsp3) is 0.600. The van der Waals surface area contributed by atoms with Crippen molar-refractivity contribution in [2.75, 3.05) is 20.2 Å². The molecular formula is C15H23ClN2O. The van der Waals surface area contributed by atoms with E-state index in [0.29, 0.717) is 12.6 Å².